The second-order valence-corrected chi connectivity index (χ2v) is 17.0. The molecule has 22 heteroatoms. The number of amides is 2. The number of phenols is 3. The van der Waals surface area contributed by atoms with Crippen LogP contribution in [-0.2, 0) is 28.5 Å². The number of fused-ring (bicyclic) bond motifs is 5. The molecule has 2 saturated heterocycles. The molecule has 0 unspecified atom stereocenters. The van der Waals surface area contributed by atoms with E-state index in [0.29, 0.717) is 0 Å². The molecule has 10 N–H and O–H groups in total. The van der Waals surface area contributed by atoms with Gasteiger partial charge in [0, 0.05) is 35.4 Å². The summed E-state index contributed by atoms with van der Waals surface area (Å²) >= 11 is 0. The van der Waals surface area contributed by atoms with Crippen molar-refractivity contribution in [3.63, 3.8) is 0 Å². The van der Waals surface area contributed by atoms with Gasteiger partial charge in [-0.3, -0.25) is 24.0 Å². The Labute approximate surface area is 376 Å². The van der Waals surface area contributed by atoms with E-state index in [0.717, 1.165) is 12.1 Å². The fourth-order valence-corrected chi connectivity index (χ4v) is 8.96. The number of aliphatic hydroxyl groups excluding tert-OH is 5. The van der Waals surface area contributed by atoms with Gasteiger partial charge in [0.05, 0.1) is 49.1 Å². The highest BCUT2D eigenvalue weighted by atomic mass is 16.7. The molecule has 2 heterocycles. The molecule has 7 rings (SSSR count). The van der Waals surface area contributed by atoms with Crippen LogP contribution in [0.2, 0.25) is 0 Å². The normalized spacial score (nSPS) is 28.4. The predicted octanol–water partition coefficient (Wildman–Crippen LogP) is -0.811. The molecular weight excluding hydrogens is 874 g/mol. The number of aliphatic carboxylic acids is 1. The molecule has 0 aromatic heterocycles. The number of ketones is 2. The summed E-state index contributed by atoms with van der Waals surface area (Å²) in [6.45, 7) is 3.48. The van der Waals surface area contributed by atoms with Gasteiger partial charge >= 0.3 is 5.97 Å². The van der Waals surface area contributed by atoms with Crippen LogP contribution in [0.25, 0.3) is 11.1 Å². The summed E-state index contributed by atoms with van der Waals surface area (Å²) in [4.78, 5) is 69.9. The minimum Gasteiger partial charge on any atom is -0.507 e. The Kier molecular flexibility index (Phi) is 13.2. The smallest absolute Gasteiger partial charge is 0.325 e. The first kappa shape index (κ1) is 48.2. The molecule has 3 aromatic rings. The Bertz CT molecular complexity index is 2490. The number of likely N-dealkylation sites (N-methyl/N-ethyl adjacent to an activating group) is 2. The van der Waals surface area contributed by atoms with Crippen LogP contribution in [0.3, 0.4) is 0 Å². The third-order valence-electron chi connectivity index (χ3n) is 12.3. The van der Waals surface area contributed by atoms with Crippen molar-refractivity contribution in [3.05, 3.63) is 68.8 Å². The van der Waals surface area contributed by atoms with Gasteiger partial charge in [-0.15, -0.1) is 0 Å². The molecular formula is C44H51N3O19. The lowest BCUT2D eigenvalue weighted by Gasteiger charge is -2.49. The molecule has 2 amide bonds. The highest BCUT2D eigenvalue weighted by Crippen LogP contribution is 2.57. The van der Waals surface area contributed by atoms with Crippen molar-refractivity contribution < 1.29 is 93.6 Å². The maximum Gasteiger partial charge on any atom is 0.325 e. The third-order valence-corrected chi connectivity index (χ3v) is 12.3. The molecule has 22 nitrogen and oxygen atoms in total. The standard InChI is InChI=1S/C44H51N3O19/c1-14-8-21-28(35(55)25(14)41(59)45-15(2)42(60)61)27-19(11-20-29(36(27)56)32(52)18-9-17(62-7)10-22(48)26(18)31(20)51)33(53)39(21)65-44-38(58)40(66-43-37(57)34(54)23(49)13-63-43)30(16(3)64-44)47(6)24(50)12-46(4)5/h8-11,15-16,23,30,33-34,37-40,43-44,48-49,53-58H,12-13H2,1-7H3,(H,45,59)(H,60,61)/t15-,16-,23-,30+,33+,34+,37-,38-,39+,40+,43+,44+/m1/s1. The first-order valence-corrected chi connectivity index (χ1v) is 20.7. The third kappa shape index (κ3) is 8.12. The minimum atomic E-state index is -1.96. The molecule has 0 spiro atoms. The Morgan fingerprint density at radius 3 is 2.11 bits per heavy atom. The highest BCUT2D eigenvalue weighted by Gasteiger charge is 2.53. The summed E-state index contributed by atoms with van der Waals surface area (Å²) in [5.41, 5.74) is -3.70. The van der Waals surface area contributed by atoms with Gasteiger partial charge in [0.1, 0.15) is 71.8 Å². The Morgan fingerprint density at radius 1 is 0.833 bits per heavy atom. The molecule has 3 aromatic carbocycles. The second kappa shape index (κ2) is 18.1. The molecule has 12 atom stereocenters. The van der Waals surface area contributed by atoms with Gasteiger partial charge in [-0.05, 0) is 63.7 Å². The van der Waals surface area contributed by atoms with Crippen molar-refractivity contribution in [2.75, 3.05) is 41.4 Å². The number of carboxylic acid groups (broad SMARTS) is 1. The number of aromatic hydroxyl groups is 3. The number of benzene rings is 3. The number of methoxy groups -OCH3 is 1. The Balaban J connectivity index is 1.37. The molecule has 4 aliphatic rings. The molecule has 356 valence electrons. The van der Waals surface area contributed by atoms with Gasteiger partial charge < -0.3 is 84.8 Å². The number of phenolic OH excluding ortho intramolecular Hbond substituents is 3. The van der Waals surface area contributed by atoms with Gasteiger partial charge in [-0.25, -0.2) is 0 Å². The average molecular weight is 926 g/mol. The number of rotatable bonds is 11. The molecule has 2 aliphatic carbocycles. The molecule has 0 radical (unpaired) electrons. The SMILES string of the molecule is COc1cc(O)c2c(c1)C(=O)c1c(cc3c(c1O)-c1c(cc(C)c(C(=O)N[C@H](C)C(=O)O)c1O)[C@H](O[C@@H]1O[C@H](C)[C@H](N(C)C(=O)CN(C)C)[C@H](O[C@@H]4OC[C@@H](O)[C@H](O)[C@H]4O)[C@H]1O)[C@H]3O)C2=O. The van der Waals surface area contributed by atoms with Gasteiger partial charge in [0.2, 0.25) is 5.91 Å². The second-order valence-electron chi connectivity index (χ2n) is 17.0. The van der Waals surface area contributed by atoms with Crippen LogP contribution < -0.4 is 10.1 Å². The number of carbonyl (C=O) groups excluding carboxylic acids is 4. The topological polar surface area (TPSA) is 332 Å². The van der Waals surface area contributed by atoms with Crippen molar-refractivity contribution in [2.24, 2.45) is 0 Å². The zero-order chi connectivity index (χ0) is 48.5. The van der Waals surface area contributed by atoms with Gasteiger partial charge in [-0.2, -0.15) is 0 Å². The van der Waals surface area contributed by atoms with Crippen molar-refractivity contribution in [3.8, 4) is 34.1 Å². The van der Waals surface area contributed by atoms with Gasteiger partial charge in [0.15, 0.2) is 24.1 Å². The summed E-state index contributed by atoms with van der Waals surface area (Å²) in [6, 6.07) is 1.99. The monoisotopic (exact) mass is 925 g/mol. The molecule has 2 fully saturated rings. The lowest BCUT2D eigenvalue weighted by Crippen LogP contribution is -2.67. The van der Waals surface area contributed by atoms with Gasteiger partial charge in [-0.1, -0.05) is 6.07 Å². The van der Waals surface area contributed by atoms with Crippen LogP contribution in [-0.4, -0.2) is 188 Å². The number of carbonyl (C=O) groups is 5. The van der Waals surface area contributed by atoms with E-state index in [-0.39, 0.29) is 34.5 Å². The van der Waals surface area contributed by atoms with Crippen LogP contribution in [0.5, 0.6) is 23.0 Å². The first-order valence-electron chi connectivity index (χ1n) is 20.7. The van der Waals surface area contributed by atoms with Crippen LogP contribution >= 0.6 is 0 Å². The molecule has 0 saturated carbocycles. The number of hydrogen-bond donors (Lipinski definition) is 10. The van der Waals surface area contributed by atoms with Crippen molar-refractivity contribution in [1.29, 1.82) is 0 Å². The van der Waals surface area contributed by atoms with Gasteiger partial charge in [0.25, 0.3) is 5.91 Å². The Morgan fingerprint density at radius 2 is 1.47 bits per heavy atom. The van der Waals surface area contributed by atoms with E-state index in [4.69, 9.17) is 23.7 Å². The van der Waals surface area contributed by atoms with E-state index in [9.17, 15) is 69.9 Å². The first-order chi connectivity index (χ1) is 31.0. The van der Waals surface area contributed by atoms with Crippen LogP contribution in [0.1, 0.15) is 84.9 Å². The zero-order valence-corrected chi connectivity index (χ0v) is 36.7. The van der Waals surface area contributed by atoms with E-state index in [1.807, 2.05) is 0 Å². The van der Waals surface area contributed by atoms with Crippen molar-refractivity contribution in [1.82, 2.24) is 15.1 Å². The van der Waals surface area contributed by atoms with E-state index in [2.05, 4.69) is 5.32 Å². The number of nitrogens with zero attached hydrogens (tertiary/aromatic N) is 2. The lowest BCUT2D eigenvalue weighted by molar-refractivity contribution is -0.345. The molecule has 66 heavy (non-hydrogen) atoms. The largest absolute Gasteiger partial charge is 0.507 e. The summed E-state index contributed by atoms with van der Waals surface area (Å²) in [6.07, 6.45) is -16.9. The van der Waals surface area contributed by atoms with E-state index in [1.54, 1.807) is 19.0 Å². The minimum absolute atomic E-state index is 0.000498. The van der Waals surface area contributed by atoms with Crippen LogP contribution in [0, 0.1) is 6.92 Å². The zero-order valence-electron chi connectivity index (χ0n) is 36.7. The van der Waals surface area contributed by atoms with Crippen molar-refractivity contribution >= 4 is 29.4 Å². The average Bonchev–Trinajstić information content (AvgIpc) is 3.24. The highest BCUT2D eigenvalue weighted by molar-refractivity contribution is 6.31. The predicted molar refractivity (Wildman–Crippen MR) is 223 cm³/mol. The Hall–Kier alpha value is -5.79. The quantitative estimate of drug-likeness (QED) is 0.0879. The summed E-state index contributed by atoms with van der Waals surface area (Å²) in [5, 5.41) is 103. The lowest BCUT2D eigenvalue weighted by atomic mass is 9.74. The maximum absolute atomic E-state index is 14.2. The number of nitrogens with one attached hydrogen (secondary N) is 1. The van der Waals surface area contributed by atoms with Crippen LogP contribution in [0.4, 0.5) is 0 Å². The van der Waals surface area contributed by atoms with E-state index >= 15 is 0 Å². The number of aliphatic hydroxyl groups is 5. The molecule has 0 bridgehead atoms. The fourth-order valence-electron chi connectivity index (χ4n) is 8.96. The maximum atomic E-state index is 14.2. The number of hydrogen-bond acceptors (Lipinski definition) is 19. The number of aryl methyl sites for hydroxylation is 1. The fraction of sp³-hybridized carbons (Fsp3) is 0.477. The summed E-state index contributed by atoms with van der Waals surface area (Å²) in [7, 11) is 5.98. The number of carboxylic acids is 1. The van der Waals surface area contributed by atoms with Crippen LogP contribution in [0.15, 0.2) is 24.3 Å². The summed E-state index contributed by atoms with van der Waals surface area (Å²) in [5.74, 6) is -7.29. The molecule has 2 aliphatic heterocycles. The summed E-state index contributed by atoms with van der Waals surface area (Å²) < 4.78 is 29.4. The van der Waals surface area contributed by atoms with E-state index in [1.165, 1.54) is 52.0 Å². The number of ether oxygens (including phenoxy) is 5. The van der Waals surface area contributed by atoms with E-state index < -0.39 is 160 Å². The van der Waals surface area contributed by atoms with Crippen molar-refractivity contribution in [2.45, 2.75) is 94.3 Å².